The number of aryl methyl sites for hydroxylation is 2. The van der Waals surface area contributed by atoms with Gasteiger partial charge in [0.25, 0.3) is 0 Å². The van der Waals surface area contributed by atoms with E-state index in [1.165, 1.54) is 0 Å². The highest BCUT2D eigenvalue weighted by Crippen LogP contribution is 2.16. The van der Waals surface area contributed by atoms with E-state index in [4.69, 9.17) is 0 Å². The van der Waals surface area contributed by atoms with Gasteiger partial charge in [-0.3, -0.25) is 9.48 Å². The number of hydrogen-bond donors (Lipinski definition) is 2. The van der Waals surface area contributed by atoms with Crippen molar-refractivity contribution >= 4 is 5.91 Å². The first-order chi connectivity index (χ1) is 9.11. The molecule has 2 N–H and O–H groups in total. The second-order valence-corrected chi connectivity index (χ2v) is 5.34. The Morgan fingerprint density at radius 1 is 1.63 bits per heavy atom. The van der Waals surface area contributed by atoms with Crippen LogP contribution in [0.15, 0.2) is 6.20 Å². The van der Waals surface area contributed by atoms with Crippen LogP contribution in [-0.4, -0.2) is 28.3 Å². The number of carbonyl (C=O) groups excluding carboxylic acids is 1. The Labute approximate surface area is 114 Å². The van der Waals surface area contributed by atoms with Crippen LogP contribution < -0.4 is 10.6 Å². The maximum Gasteiger partial charge on any atom is 0.224 e. The average Bonchev–Trinajstić information content (AvgIpc) is 2.77. The molecule has 0 saturated carbocycles. The van der Waals surface area contributed by atoms with Gasteiger partial charge in [-0.25, -0.2) is 0 Å². The third kappa shape index (κ3) is 3.35. The molecule has 1 saturated heterocycles. The van der Waals surface area contributed by atoms with E-state index in [0.717, 1.165) is 37.1 Å². The van der Waals surface area contributed by atoms with Gasteiger partial charge >= 0.3 is 0 Å². The van der Waals surface area contributed by atoms with Crippen LogP contribution in [0.3, 0.4) is 0 Å². The number of carbonyl (C=O) groups is 1. The van der Waals surface area contributed by atoms with Crippen molar-refractivity contribution in [3.05, 3.63) is 17.5 Å². The first-order valence-electron chi connectivity index (χ1n) is 7.14. The third-order valence-electron chi connectivity index (χ3n) is 3.88. The summed E-state index contributed by atoms with van der Waals surface area (Å²) in [6.45, 7) is 5.78. The Hall–Kier alpha value is -1.36. The first kappa shape index (κ1) is 14.1. The van der Waals surface area contributed by atoms with E-state index < -0.39 is 0 Å². The van der Waals surface area contributed by atoms with Gasteiger partial charge in [-0.2, -0.15) is 5.10 Å². The second kappa shape index (κ2) is 6.19. The van der Waals surface area contributed by atoms with E-state index in [1.807, 2.05) is 17.9 Å². The Morgan fingerprint density at radius 2 is 2.42 bits per heavy atom. The quantitative estimate of drug-likeness (QED) is 0.852. The molecule has 5 nitrogen and oxygen atoms in total. The topological polar surface area (TPSA) is 59.0 Å². The lowest BCUT2D eigenvalue weighted by atomic mass is 9.91. The van der Waals surface area contributed by atoms with Gasteiger partial charge in [-0.15, -0.1) is 0 Å². The van der Waals surface area contributed by atoms with Crippen molar-refractivity contribution in [1.29, 1.82) is 0 Å². The molecule has 1 aliphatic heterocycles. The molecule has 2 atom stereocenters. The van der Waals surface area contributed by atoms with Gasteiger partial charge in [-0.1, -0.05) is 6.92 Å². The van der Waals surface area contributed by atoms with Crippen LogP contribution in [0.25, 0.3) is 0 Å². The smallest absolute Gasteiger partial charge is 0.224 e. The van der Waals surface area contributed by atoms with Crippen LogP contribution in [0.4, 0.5) is 0 Å². The van der Waals surface area contributed by atoms with Crippen molar-refractivity contribution in [2.75, 3.05) is 6.54 Å². The monoisotopic (exact) mass is 264 g/mol. The zero-order chi connectivity index (χ0) is 13.8. The number of nitrogens with zero attached hydrogens (tertiary/aromatic N) is 2. The van der Waals surface area contributed by atoms with Crippen LogP contribution in [0.1, 0.15) is 37.9 Å². The molecule has 1 aromatic rings. The summed E-state index contributed by atoms with van der Waals surface area (Å²) in [7, 11) is 1.91. The summed E-state index contributed by atoms with van der Waals surface area (Å²) in [4.78, 5) is 12.2. The Balaban J connectivity index is 1.92. The molecule has 0 spiro atoms. The molecule has 0 aromatic carbocycles. The van der Waals surface area contributed by atoms with Crippen molar-refractivity contribution in [3.8, 4) is 0 Å². The zero-order valence-electron chi connectivity index (χ0n) is 12.1. The fourth-order valence-electron chi connectivity index (χ4n) is 2.74. The van der Waals surface area contributed by atoms with Crippen molar-refractivity contribution in [3.63, 3.8) is 0 Å². The van der Waals surface area contributed by atoms with E-state index in [2.05, 4.69) is 29.6 Å². The summed E-state index contributed by atoms with van der Waals surface area (Å²) in [5.74, 6) is 0.251. The van der Waals surface area contributed by atoms with E-state index in [9.17, 15) is 4.79 Å². The van der Waals surface area contributed by atoms with Crippen LogP contribution in [0.5, 0.6) is 0 Å². The third-order valence-corrected chi connectivity index (χ3v) is 3.88. The zero-order valence-corrected chi connectivity index (χ0v) is 12.1. The molecule has 2 rings (SSSR count). The normalized spacial score (nSPS) is 23.3. The standard InChI is InChI=1S/C14H24N4O/c1-4-13-11(9-18(3)17-13)8-16-14(19)12-6-5-7-15-10(12)2/h9-10,12,15H,4-8H2,1-3H3,(H,16,19). The van der Waals surface area contributed by atoms with Gasteiger partial charge < -0.3 is 10.6 Å². The molecule has 1 amide bonds. The lowest BCUT2D eigenvalue weighted by Crippen LogP contribution is -2.46. The predicted octanol–water partition coefficient (Wildman–Crippen LogP) is 0.987. The molecule has 2 unspecified atom stereocenters. The number of piperidine rings is 1. The molecule has 106 valence electrons. The summed E-state index contributed by atoms with van der Waals surface area (Å²) in [6.07, 6.45) is 4.94. The molecular formula is C14H24N4O. The molecule has 1 aliphatic rings. The Kier molecular flexibility index (Phi) is 4.58. The fourth-order valence-corrected chi connectivity index (χ4v) is 2.74. The molecule has 0 bridgehead atoms. The van der Waals surface area contributed by atoms with Gasteiger partial charge in [0.1, 0.15) is 0 Å². The SMILES string of the molecule is CCc1nn(C)cc1CNC(=O)C1CCCNC1C. The minimum Gasteiger partial charge on any atom is -0.352 e. The van der Waals surface area contributed by atoms with Gasteiger partial charge in [0, 0.05) is 31.4 Å². The lowest BCUT2D eigenvalue weighted by molar-refractivity contribution is -0.126. The van der Waals surface area contributed by atoms with Crippen LogP contribution in [-0.2, 0) is 24.8 Å². The highest BCUT2D eigenvalue weighted by Gasteiger charge is 2.27. The summed E-state index contributed by atoms with van der Waals surface area (Å²) < 4.78 is 1.81. The van der Waals surface area contributed by atoms with E-state index in [1.54, 1.807) is 0 Å². The summed E-state index contributed by atoms with van der Waals surface area (Å²) in [5, 5.41) is 10.8. The number of nitrogens with one attached hydrogen (secondary N) is 2. The average molecular weight is 264 g/mol. The van der Waals surface area contributed by atoms with Crippen molar-refractivity contribution in [1.82, 2.24) is 20.4 Å². The second-order valence-electron chi connectivity index (χ2n) is 5.34. The van der Waals surface area contributed by atoms with Crippen molar-refractivity contribution < 1.29 is 4.79 Å². The van der Waals surface area contributed by atoms with Crippen LogP contribution in [0, 0.1) is 5.92 Å². The summed E-state index contributed by atoms with van der Waals surface area (Å²) >= 11 is 0. The molecule has 5 heteroatoms. The fraction of sp³-hybridized carbons (Fsp3) is 0.714. The largest absolute Gasteiger partial charge is 0.352 e. The van der Waals surface area contributed by atoms with E-state index >= 15 is 0 Å². The molecule has 2 heterocycles. The Morgan fingerprint density at radius 3 is 3.11 bits per heavy atom. The van der Waals surface area contributed by atoms with E-state index in [-0.39, 0.29) is 17.9 Å². The molecule has 1 aromatic heterocycles. The van der Waals surface area contributed by atoms with E-state index in [0.29, 0.717) is 6.54 Å². The number of aromatic nitrogens is 2. The van der Waals surface area contributed by atoms with Gasteiger partial charge in [0.15, 0.2) is 0 Å². The summed E-state index contributed by atoms with van der Waals surface area (Å²) in [6, 6.07) is 0.272. The maximum atomic E-state index is 12.2. The number of rotatable bonds is 4. The highest BCUT2D eigenvalue weighted by atomic mass is 16.1. The van der Waals surface area contributed by atoms with Crippen molar-refractivity contribution in [2.45, 2.75) is 45.7 Å². The summed E-state index contributed by atoms with van der Waals surface area (Å²) in [5.41, 5.74) is 2.19. The van der Waals surface area contributed by atoms with Gasteiger partial charge in [0.2, 0.25) is 5.91 Å². The Bertz CT molecular complexity index is 441. The minimum absolute atomic E-state index is 0.0931. The van der Waals surface area contributed by atoms with Crippen LogP contribution in [0.2, 0.25) is 0 Å². The molecule has 0 aliphatic carbocycles. The number of hydrogen-bond acceptors (Lipinski definition) is 3. The molecule has 19 heavy (non-hydrogen) atoms. The molecule has 0 radical (unpaired) electrons. The number of amides is 1. The molecule has 1 fully saturated rings. The first-order valence-corrected chi connectivity index (χ1v) is 7.14. The lowest BCUT2D eigenvalue weighted by Gasteiger charge is -2.28. The minimum atomic E-state index is 0.0931. The molecular weight excluding hydrogens is 240 g/mol. The highest BCUT2D eigenvalue weighted by molar-refractivity contribution is 5.79. The van der Waals surface area contributed by atoms with Crippen molar-refractivity contribution in [2.24, 2.45) is 13.0 Å². The van der Waals surface area contributed by atoms with Gasteiger partial charge in [0.05, 0.1) is 11.6 Å². The predicted molar refractivity (Wildman–Crippen MR) is 74.6 cm³/mol. The van der Waals surface area contributed by atoms with Crippen LogP contribution >= 0.6 is 0 Å². The maximum absolute atomic E-state index is 12.2. The van der Waals surface area contributed by atoms with Gasteiger partial charge in [-0.05, 0) is 32.7 Å².